The Morgan fingerprint density at radius 1 is 1.00 bits per heavy atom. The van der Waals surface area contributed by atoms with E-state index in [0.29, 0.717) is 21.3 Å². The van der Waals surface area contributed by atoms with E-state index in [2.05, 4.69) is 0 Å². The number of rotatable bonds is 2. The fraction of sp³-hybridized carbons (Fsp3) is 0. The molecule has 0 radical (unpaired) electrons. The van der Waals surface area contributed by atoms with Crippen molar-refractivity contribution in [2.24, 2.45) is 0 Å². The summed E-state index contributed by atoms with van der Waals surface area (Å²) < 4.78 is 0. The second-order valence-corrected chi connectivity index (χ2v) is 4.35. The summed E-state index contributed by atoms with van der Waals surface area (Å²) in [4.78, 5) is 10.6. The first-order valence-corrected chi connectivity index (χ1v) is 5.68. The Balaban J connectivity index is 2.53. The van der Waals surface area contributed by atoms with Gasteiger partial charge in [-0.25, -0.2) is 0 Å². The summed E-state index contributed by atoms with van der Waals surface area (Å²) in [7, 11) is 0. The minimum atomic E-state index is 0.366. The number of nitrogen functional groups attached to an aromatic ring is 1. The molecule has 0 aliphatic heterocycles. The highest BCUT2D eigenvalue weighted by Gasteiger charge is 2.09. The highest BCUT2D eigenvalue weighted by atomic mass is 35.5. The molecule has 0 unspecified atom stereocenters. The summed E-state index contributed by atoms with van der Waals surface area (Å²) in [5.41, 5.74) is 8.43. The summed E-state index contributed by atoms with van der Waals surface area (Å²) >= 11 is 12.0. The number of carbonyl (C=O) groups is 1. The number of carbonyl (C=O) groups excluding carboxylic acids is 1. The lowest BCUT2D eigenvalue weighted by atomic mass is 10.0. The number of hydrogen-bond donors (Lipinski definition) is 1. The van der Waals surface area contributed by atoms with Gasteiger partial charge >= 0.3 is 0 Å². The van der Waals surface area contributed by atoms with E-state index in [1.807, 2.05) is 12.1 Å². The topological polar surface area (TPSA) is 43.1 Å². The zero-order valence-corrected chi connectivity index (χ0v) is 10.3. The second kappa shape index (κ2) is 4.78. The first kappa shape index (κ1) is 12.0. The van der Waals surface area contributed by atoms with Crippen molar-refractivity contribution in [2.75, 3.05) is 5.73 Å². The number of nitrogens with two attached hydrogens (primary N) is 1. The van der Waals surface area contributed by atoms with E-state index < -0.39 is 0 Å². The summed E-state index contributed by atoms with van der Waals surface area (Å²) in [6.07, 6.45) is 0.793. The molecule has 2 rings (SSSR count). The lowest BCUT2D eigenvalue weighted by Crippen LogP contribution is -1.90. The molecule has 0 amide bonds. The predicted molar refractivity (Wildman–Crippen MR) is 71.7 cm³/mol. The molecule has 0 heterocycles. The van der Waals surface area contributed by atoms with Crippen molar-refractivity contribution in [3.63, 3.8) is 0 Å². The SMILES string of the molecule is Nc1c(Cl)ccc(-c2ccc(C=O)cc2)c1Cl. The van der Waals surface area contributed by atoms with Crippen LogP contribution in [-0.2, 0) is 0 Å². The Bertz CT molecular complexity index is 564. The fourth-order valence-electron chi connectivity index (χ4n) is 1.53. The maximum absolute atomic E-state index is 10.6. The third kappa shape index (κ3) is 2.28. The number of hydrogen-bond acceptors (Lipinski definition) is 2. The van der Waals surface area contributed by atoms with Gasteiger partial charge in [0, 0.05) is 11.1 Å². The maximum Gasteiger partial charge on any atom is 0.150 e. The van der Waals surface area contributed by atoms with Gasteiger partial charge in [0.1, 0.15) is 6.29 Å². The first-order valence-electron chi connectivity index (χ1n) is 4.92. The van der Waals surface area contributed by atoms with Crippen molar-refractivity contribution in [3.8, 4) is 11.1 Å². The van der Waals surface area contributed by atoms with Crippen LogP contribution in [0.15, 0.2) is 36.4 Å². The molecule has 0 fully saturated rings. The average Bonchev–Trinajstić information content (AvgIpc) is 2.36. The van der Waals surface area contributed by atoms with Crippen LogP contribution < -0.4 is 5.73 Å². The Morgan fingerprint density at radius 3 is 2.24 bits per heavy atom. The van der Waals surface area contributed by atoms with Gasteiger partial charge in [-0.2, -0.15) is 0 Å². The lowest BCUT2D eigenvalue weighted by molar-refractivity contribution is 0.112. The van der Waals surface area contributed by atoms with Crippen LogP contribution in [0.3, 0.4) is 0 Å². The molecule has 0 aliphatic rings. The fourth-order valence-corrected chi connectivity index (χ4v) is 2.01. The molecule has 2 nitrogen and oxygen atoms in total. The molecule has 0 atom stereocenters. The van der Waals surface area contributed by atoms with Gasteiger partial charge in [-0.15, -0.1) is 0 Å². The first-order chi connectivity index (χ1) is 8.13. The van der Waals surface area contributed by atoms with Gasteiger partial charge in [0.25, 0.3) is 0 Å². The van der Waals surface area contributed by atoms with Crippen LogP contribution in [0.2, 0.25) is 10.0 Å². The molecule has 2 N–H and O–H groups in total. The quantitative estimate of drug-likeness (QED) is 0.658. The van der Waals surface area contributed by atoms with Crippen LogP contribution in [0, 0.1) is 0 Å². The van der Waals surface area contributed by atoms with E-state index in [1.165, 1.54) is 0 Å². The van der Waals surface area contributed by atoms with E-state index in [-0.39, 0.29) is 0 Å². The molecule has 0 spiro atoms. The summed E-state index contributed by atoms with van der Waals surface area (Å²) in [5.74, 6) is 0. The molecule has 2 aromatic carbocycles. The molecular weight excluding hydrogens is 257 g/mol. The highest BCUT2D eigenvalue weighted by Crippen LogP contribution is 2.36. The maximum atomic E-state index is 10.6. The van der Waals surface area contributed by atoms with Crippen LogP contribution in [0.25, 0.3) is 11.1 Å². The van der Waals surface area contributed by atoms with Crippen molar-refractivity contribution < 1.29 is 4.79 Å². The average molecular weight is 266 g/mol. The van der Waals surface area contributed by atoms with E-state index >= 15 is 0 Å². The van der Waals surface area contributed by atoms with Crippen molar-refractivity contribution in [3.05, 3.63) is 52.0 Å². The van der Waals surface area contributed by atoms with Gasteiger partial charge in [0.15, 0.2) is 0 Å². The Hall–Kier alpha value is -1.51. The van der Waals surface area contributed by atoms with E-state index in [1.54, 1.807) is 24.3 Å². The van der Waals surface area contributed by atoms with Crippen molar-refractivity contribution in [2.45, 2.75) is 0 Å². The van der Waals surface area contributed by atoms with Crippen LogP contribution in [0.4, 0.5) is 5.69 Å². The Labute approximate surface area is 109 Å². The van der Waals surface area contributed by atoms with Crippen LogP contribution in [0.5, 0.6) is 0 Å². The highest BCUT2D eigenvalue weighted by molar-refractivity contribution is 6.40. The molecule has 0 saturated heterocycles. The van der Waals surface area contributed by atoms with E-state index in [0.717, 1.165) is 17.4 Å². The zero-order valence-electron chi connectivity index (χ0n) is 8.78. The summed E-state index contributed by atoms with van der Waals surface area (Å²) in [6, 6.07) is 10.6. The number of benzene rings is 2. The largest absolute Gasteiger partial charge is 0.396 e. The minimum Gasteiger partial charge on any atom is -0.396 e. The molecule has 2 aromatic rings. The number of aldehydes is 1. The smallest absolute Gasteiger partial charge is 0.150 e. The third-order valence-electron chi connectivity index (χ3n) is 2.48. The van der Waals surface area contributed by atoms with Gasteiger partial charge in [-0.05, 0) is 11.6 Å². The number of halogens is 2. The van der Waals surface area contributed by atoms with Crippen molar-refractivity contribution >= 4 is 35.2 Å². The molecule has 86 valence electrons. The van der Waals surface area contributed by atoms with Gasteiger partial charge in [0.05, 0.1) is 15.7 Å². The standard InChI is InChI=1S/C13H9Cl2NO/c14-11-6-5-10(12(15)13(11)16)9-3-1-8(7-17)2-4-9/h1-7H,16H2. The molecule has 0 aliphatic carbocycles. The lowest BCUT2D eigenvalue weighted by Gasteiger charge is -2.08. The van der Waals surface area contributed by atoms with Gasteiger partial charge < -0.3 is 5.73 Å². The number of anilines is 1. The molecule has 0 aromatic heterocycles. The van der Waals surface area contributed by atoms with Gasteiger partial charge in [-0.3, -0.25) is 4.79 Å². The van der Waals surface area contributed by atoms with E-state index in [4.69, 9.17) is 28.9 Å². The molecule has 17 heavy (non-hydrogen) atoms. The summed E-state index contributed by atoms with van der Waals surface area (Å²) in [6.45, 7) is 0. The normalized spacial score (nSPS) is 10.2. The van der Waals surface area contributed by atoms with Crippen LogP contribution >= 0.6 is 23.2 Å². The Morgan fingerprint density at radius 2 is 1.65 bits per heavy atom. The van der Waals surface area contributed by atoms with E-state index in [9.17, 15) is 4.79 Å². The van der Waals surface area contributed by atoms with Crippen molar-refractivity contribution in [1.82, 2.24) is 0 Å². The minimum absolute atomic E-state index is 0.366. The van der Waals surface area contributed by atoms with Crippen LogP contribution in [0.1, 0.15) is 10.4 Å². The Kier molecular flexibility index (Phi) is 3.36. The molecular formula is C13H9Cl2NO. The third-order valence-corrected chi connectivity index (χ3v) is 3.22. The molecule has 0 bridgehead atoms. The van der Waals surface area contributed by atoms with Gasteiger partial charge in [-0.1, -0.05) is 53.5 Å². The van der Waals surface area contributed by atoms with Crippen LogP contribution in [-0.4, -0.2) is 6.29 Å². The predicted octanol–water partition coefficient (Wildman–Crippen LogP) is 4.06. The monoisotopic (exact) mass is 265 g/mol. The van der Waals surface area contributed by atoms with Gasteiger partial charge in [0.2, 0.25) is 0 Å². The molecule has 4 heteroatoms. The van der Waals surface area contributed by atoms with Crippen molar-refractivity contribution in [1.29, 1.82) is 0 Å². The second-order valence-electron chi connectivity index (χ2n) is 3.56. The summed E-state index contributed by atoms with van der Waals surface area (Å²) in [5, 5.41) is 0.861. The molecule has 0 saturated carbocycles. The zero-order chi connectivity index (χ0) is 12.4.